The molecule has 0 aliphatic carbocycles. The first kappa shape index (κ1) is 19.5. The number of benzene rings is 2. The van der Waals surface area contributed by atoms with E-state index in [0.717, 1.165) is 33.8 Å². The number of furan rings is 1. The van der Waals surface area contributed by atoms with Crippen LogP contribution in [0.3, 0.4) is 0 Å². The van der Waals surface area contributed by atoms with Crippen LogP contribution in [0.5, 0.6) is 5.75 Å². The smallest absolute Gasteiger partial charge is 0.336 e. The van der Waals surface area contributed by atoms with Gasteiger partial charge in [-0.25, -0.2) is 4.79 Å². The van der Waals surface area contributed by atoms with Crippen LogP contribution in [0.15, 0.2) is 74.3 Å². The van der Waals surface area contributed by atoms with Gasteiger partial charge in [0.1, 0.15) is 22.9 Å². The summed E-state index contributed by atoms with van der Waals surface area (Å²) in [7, 11) is 1.62. The van der Waals surface area contributed by atoms with E-state index in [1.165, 1.54) is 6.07 Å². The number of methoxy groups -OCH3 is 1. The van der Waals surface area contributed by atoms with Crippen LogP contribution in [-0.2, 0) is 11.2 Å². The number of anilines is 1. The van der Waals surface area contributed by atoms with E-state index in [9.17, 15) is 9.59 Å². The maximum absolute atomic E-state index is 12.3. The number of amides is 1. The van der Waals surface area contributed by atoms with Crippen molar-refractivity contribution in [2.75, 3.05) is 12.4 Å². The summed E-state index contributed by atoms with van der Waals surface area (Å²) in [5.41, 5.74) is 2.41. The molecule has 6 nitrogen and oxygen atoms in total. The largest absolute Gasteiger partial charge is 0.497 e. The first-order valence-corrected chi connectivity index (χ1v) is 9.59. The lowest BCUT2D eigenvalue weighted by Crippen LogP contribution is -2.12. The monoisotopic (exact) mass is 403 g/mol. The molecule has 0 saturated carbocycles. The Morgan fingerprint density at radius 1 is 1.00 bits per heavy atom. The van der Waals surface area contributed by atoms with Gasteiger partial charge in [0, 0.05) is 41.6 Å². The molecular formula is C24H21NO5. The molecule has 2 aromatic carbocycles. The molecule has 2 aromatic heterocycles. The van der Waals surface area contributed by atoms with Gasteiger partial charge in [-0.2, -0.15) is 0 Å². The van der Waals surface area contributed by atoms with E-state index in [2.05, 4.69) is 5.32 Å². The minimum atomic E-state index is -0.408. The van der Waals surface area contributed by atoms with Crippen molar-refractivity contribution in [1.29, 1.82) is 0 Å². The number of carbonyl (C=O) groups excluding carboxylic acids is 1. The maximum atomic E-state index is 12.3. The average molecular weight is 403 g/mol. The first-order chi connectivity index (χ1) is 14.5. The standard InChI is InChI=1S/C24H21NO5/c1-15-13-24(27)30-22-14-17(5-10-20(15)22)25-23(26)12-9-19-8-11-21(29-19)16-3-6-18(28-2)7-4-16/h3-8,10-11,13-14H,9,12H2,1-2H3,(H,25,26). The molecule has 4 aromatic rings. The van der Waals surface area contributed by atoms with Crippen molar-refractivity contribution >= 4 is 22.6 Å². The SMILES string of the molecule is COc1ccc(-c2ccc(CCC(=O)Nc3ccc4c(C)cc(=O)oc4c3)o2)cc1. The van der Waals surface area contributed by atoms with Gasteiger partial charge in [0.15, 0.2) is 0 Å². The third-order valence-electron chi connectivity index (χ3n) is 4.87. The van der Waals surface area contributed by atoms with Crippen LogP contribution in [0.2, 0.25) is 0 Å². The summed E-state index contributed by atoms with van der Waals surface area (Å²) in [5.74, 6) is 2.11. The highest BCUT2D eigenvalue weighted by molar-refractivity contribution is 5.93. The van der Waals surface area contributed by atoms with Gasteiger partial charge in [0.05, 0.1) is 7.11 Å². The second-order valence-corrected chi connectivity index (χ2v) is 7.00. The Bertz CT molecular complexity index is 1250. The Morgan fingerprint density at radius 2 is 1.80 bits per heavy atom. The van der Waals surface area contributed by atoms with Crippen molar-refractivity contribution in [3.63, 3.8) is 0 Å². The molecule has 0 spiro atoms. The van der Waals surface area contributed by atoms with E-state index in [1.54, 1.807) is 19.2 Å². The Labute approximate surface area is 173 Å². The van der Waals surface area contributed by atoms with Crippen LogP contribution in [0.25, 0.3) is 22.3 Å². The van der Waals surface area contributed by atoms with E-state index < -0.39 is 5.63 Å². The number of carbonyl (C=O) groups is 1. The zero-order valence-corrected chi connectivity index (χ0v) is 16.7. The summed E-state index contributed by atoms with van der Waals surface area (Å²) in [4.78, 5) is 23.9. The number of ether oxygens (including phenoxy) is 1. The second kappa shape index (κ2) is 8.29. The Morgan fingerprint density at radius 3 is 2.57 bits per heavy atom. The van der Waals surface area contributed by atoms with Crippen molar-refractivity contribution in [3.8, 4) is 17.1 Å². The van der Waals surface area contributed by atoms with Gasteiger partial charge in [-0.1, -0.05) is 0 Å². The first-order valence-electron chi connectivity index (χ1n) is 9.59. The highest BCUT2D eigenvalue weighted by atomic mass is 16.5. The Kier molecular flexibility index (Phi) is 5.39. The van der Waals surface area contributed by atoms with Crippen LogP contribution < -0.4 is 15.7 Å². The van der Waals surface area contributed by atoms with Crippen molar-refractivity contribution < 1.29 is 18.4 Å². The summed E-state index contributed by atoms with van der Waals surface area (Å²) in [6.07, 6.45) is 0.745. The minimum Gasteiger partial charge on any atom is -0.497 e. The molecule has 0 fully saturated rings. The van der Waals surface area contributed by atoms with Gasteiger partial charge in [0.2, 0.25) is 5.91 Å². The molecule has 4 rings (SSSR count). The third kappa shape index (κ3) is 4.27. The highest BCUT2D eigenvalue weighted by Gasteiger charge is 2.10. The summed E-state index contributed by atoms with van der Waals surface area (Å²) in [6.45, 7) is 1.85. The summed E-state index contributed by atoms with van der Waals surface area (Å²) >= 11 is 0. The van der Waals surface area contributed by atoms with E-state index >= 15 is 0 Å². The lowest BCUT2D eigenvalue weighted by Gasteiger charge is -2.06. The maximum Gasteiger partial charge on any atom is 0.336 e. The number of fused-ring (bicyclic) bond motifs is 1. The zero-order valence-electron chi connectivity index (χ0n) is 16.7. The van der Waals surface area contributed by atoms with Crippen LogP contribution >= 0.6 is 0 Å². The van der Waals surface area contributed by atoms with Gasteiger partial charge in [0.25, 0.3) is 0 Å². The summed E-state index contributed by atoms with van der Waals surface area (Å²) in [6, 6.07) is 18.1. The van der Waals surface area contributed by atoms with E-state index in [-0.39, 0.29) is 12.3 Å². The molecule has 152 valence electrons. The molecule has 6 heteroatoms. The van der Waals surface area contributed by atoms with E-state index in [1.807, 2.05) is 49.4 Å². The fourth-order valence-corrected chi connectivity index (χ4v) is 3.29. The molecule has 0 aliphatic heterocycles. The number of nitrogens with one attached hydrogen (secondary N) is 1. The topological polar surface area (TPSA) is 81.7 Å². The van der Waals surface area contributed by atoms with Crippen molar-refractivity contribution in [3.05, 3.63) is 82.4 Å². The lowest BCUT2D eigenvalue weighted by molar-refractivity contribution is -0.116. The van der Waals surface area contributed by atoms with Gasteiger partial charge in [-0.05, 0) is 61.0 Å². The number of hydrogen-bond acceptors (Lipinski definition) is 5. The fourth-order valence-electron chi connectivity index (χ4n) is 3.29. The van der Waals surface area contributed by atoms with Crippen molar-refractivity contribution in [2.45, 2.75) is 19.8 Å². The van der Waals surface area contributed by atoms with Crippen LogP contribution in [0.4, 0.5) is 5.69 Å². The predicted molar refractivity (Wildman–Crippen MR) is 115 cm³/mol. The molecule has 30 heavy (non-hydrogen) atoms. The van der Waals surface area contributed by atoms with Crippen LogP contribution in [0, 0.1) is 6.92 Å². The zero-order chi connectivity index (χ0) is 21.1. The second-order valence-electron chi connectivity index (χ2n) is 7.00. The third-order valence-corrected chi connectivity index (χ3v) is 4.87. The fraction of sp³-hybridized carbons (Fsp3) is 0.167. The van der Waals surface area contributed by atoms with E-state index in [4.69, 9.17) is 13.6 Å². The van der Waals surface area contributed by atoms with Gasteiger partial charge in [-0.15, -0.1) is 0 Å². The van der Waals surface area contributed by atoms with Crippen molar-refractivity contribution in [2.24, 2.45) is 0 Å². The Balaban J connectivity index is 1.38. The van der Waals surface area contributed by atoms with Crippen molar-refractivity contribution in [1.82, 2.24) is 0 Å². The van der Waals surface area contributed by atoms with Crippen LogP contribution in [-0.4, -0.2) is 13.0 Å². The predicted octanol–water partition coefficient (Wildman–Crippen LogP) is 4.94. The number of aryl methyl sites for hydroxylation is 2. The quantitative estimate of drug-likeness (QED) is 0.461. The minimum absolute atomic E-state index is 0.147. The van der Waals surface area contributed by atoms with Gasteiger partial charge < -0.3 is 18.9 Å². The Hall–Kier alpha value is -3.80. The molecular weight excluding hydrogens is 382 g/mol. The molecule has 1 N–H and O–H groups in total. The number of rotatable bonds is 6. The molecule has 0 aliphatic rings. The van der Waals surface area contributed by atoms with E-state index in [0.29, 0.717) is 17.7 Å². The molecule has 1 amide bonds. The molecule has 0 bridgehead atoms. The molecule has 2 heterocycles. The summed E-state index contributed by atoms with van der Waals surface area (Å²) in [5, 5.41) is 3.68. The normalized spacial score (nSPS) is 10.9. The highest BCUT2D eigenvalue weighted by Crippen LogP contribution is 2.25. The number of hydrogen-bond donors (Lipinski definition) is 1. The molecule has 0 saturated heterocycles. The molecule has 0 atom stereocenters. The molecule has 0 unspecified atom stereocenters. The average Bonchev–Trinajstić information content (AvgIpc) is 3.21. The molecule has 0 radical (unpaired) electrons. The summed E-state index contributed by atoms with van der Waals surface area (Å²) < 4.78 is 16.2. The lowest BCUT2D eigenvalue weighted by atomic mass is 10.1. The van der Waals surface area contributed by atoms with Crippen LogP contribution in [0.1, 0.15) is 17.7 Å². The van der Waals surface area contributed by atoms with Gasteiger partial charge >= 0.3 is 5.63 Å². The van der Waals surface area contributed by atoms with Gasteiger partial charge in [-0.3, -0.25) is 4.79 Å².